The number of halogens is 1. The van der Waals surface area contributed by atoms with Gasteiger partial charge in [0.15, 0.2) is 0 Å². The Balaban J connectivity index is 2.53. The van der Waals surface area contributed by atoms with Gasteiger partial charge >= 0.3 is 0 Å². The maximum absolute atomic E-state index is 5.81. The Morgan fingerprint density at radius 3 is 2.26 bits per heavy atom. The lowest BCUT2D eigenvalue weighted by Gasteiger charge is -2.28. The van der Waals surface area contributed by atoms with E-state index in [0.29, 0.717) is 11.8 Å². The van der Waals surface area contributed by atoms with E-state index in [1.54, 1.807) is 0 Å². The van der Waals surface area contributed by atoms with Crippen LogP contribution in [0.5, 0.6) is 0 Å². The summed E-state index contributed by atoms with van der Waals surface area (Å²) in [5.41, 5.74) is 7.30. The minimum Gasteiger partial charge on any atom is -0.330 e. The molecular formula is C16H27BrN2. The van der Waals surface area contributed by atoms with Gasteiger partial charge < -0.3 is 11.1 Å². The van der Waals surface area contributed by atoms with Gasteiger partial charge in [0.05, 0.1) is 0 Å². The van der Waals surface area contributed by atoms with Crippen molar-refractivity contribution in [3.05, 3.63) is 34.3 Å². The van der Waals surface area contributed by atoms with E-state index in [1.807, 2.05) is 0 Å². The third-order valence-electron chi connectivity index (χ3n) is 3.84. The van der Waals surface area contributed by atoms with Gasteiger partial charge in [-0.2, -0.15) is 0 Å². The number of nitrogens with one attached hydrogen (secondary N) is 1. The Hall–Kier alpha value is -0.380. The van der Waals surface area contributed by atoms with Gasteiger partial charge in [0.1, 0.15) is 0 Å². The first kappa shape index (κ1) is 16.7. The molecule has 0 bridgehead atoms. The van der Waals surface area contributed by atoms with E-state index >= 15 is 0 Å². The molecule has 0 amide bonds. The summed E-state index contributed by atoms with van der Waals surface area (Å²) in [6.07, 6.45) is 0. The van der Waals surface area contributed by atoms with Crippen molar-refractivity contribution >= 4 is 15.9 Å². The van der Waals surface area contributed by atoms with E-state index in [0.717, 1.165) is 24.1 Å². The molecule has 0 saturated carbocycles. The van der Waals surface area contributed by atoms with Crippen molar-refractivity contribution in [2.45, 2.75) is 33.1 Å². The van der Waals surface area contributed by atoms with E-state index < -0.39 is 0 Å². The largest absolute Gasteiger partial charge is 0.330 e. The minimum absolute atomic E-state index is 0.136. The molecule has 3 N–H and O–H groups in total. The monoisotopic (exact) mass is 326 g/mol. The first-order chi connectivity index (χ1) is 8.86. The van der Waals surface area contributed by atoms with Gasteiger partial charge in [-0.05, 0) is 42.6 Å². The summed E-state index contributed by atoms with van der Waals surface area (Å²) < 4.78 is 1.13. The molecule has 2 nitrogen and oxygen atoms in total. The van der Waals surface area contributed by atoms with E-state index in [2.05, 4.69) is 73.2 Å². The molecule has 1 aromatic rings. The molecule has 1 unspecified atom stereocenters. The minimum atomic E-state index is 0.136. The SMILES string of the molecule is CC(C)C(CN)CNCC(C)(C)c1ccc(Br)cc1. The second-order valence-corrected chi connectivity index (χ2v) is 7.18. The summed E-state index contributed by atoms with van der Waals surface area (Å²) in [4.78, 5) is 0. The van der Waals surface area contributed by atoms with E-state index in [1.165, 1.54) is 5.56 Å². The highest BCUT2D eigenvalue weighted by molar-refractivity contribution is 9.10. The molecule has 0 aliphatic heterocycles. The molecule has 108 valence electrons. The smallest absolute Gasteiger partial charge is 0.0175 e. The lowest BCUT2D eigenvalue weighted by molar-refractivity contribution is 0.352. The van der Waals surface area contributed by atoms with Crippen LogP contribution < -0.4 is 11.1 Å². The summed E-state index contributed by atoms with van der Waals surface area (Å²) in [5.74, 6) is 1.19. The van der Waals surface area contributed by atoms with Crippen molar-refractivity contribution in [3.63, 3.8) is 0 Å². The van der Waals surface area contributed by atoms with Gasteiger partial charge in [0.2, 0.25) is 0 Å². The van der Waals surface area contributed by atoms with Crippen LogP contribution in [0.2, 0.25) is 0 Å². The second-order valence-electron chi connectivity index (χ2n) is 6.26. The third-order valence-corrected chi connectivity index (χ3v) is 4.37. The zero-order valence-electron chi connectivity index (χ0n) is 12.5. The standard InChI is InChI=1S/C16H27BrN2/c1-12(2)13(9-18)10-19-11-16(3,4)14-5-7-15(17)8-6-14/h5-8,12-13,19H,9-11,18H2,1-4H3. The van der Waals surface area contributed by atoms with Crippen LogP contribution in [-0.4, -0.2) is 19.6 Å². The Morgan fingerprint density at radius 1 is 1.21 bits per heavy atom. The van der Waals surface area contributed by atoms with Gasteiger partial charge in [-0.1, -0.05) is 55.8 Å². The topological polar surface area (TPSA) is 38.0 Å². The van der Waals surface area contributed by atoms with Crippen molar-refractivity contribution in [1.82, 2.24) is 5.32 Å². The van der Waals surface area contributed by atoms with Crippen LogP contribution in [-0.2, 0) is 5.41 Å². The maximum atomic E-state index is 5.81. The predicted octanol–water partition coefficient (Wildman–Crippen LogP) is 3.55. The van der Waals surface area contributed by atoms with Crippen molar-refractivity contribution in [3.8, 4) is 0 Å². The maximum Gasteiger partial charge on any atom is 0.0175 e. The highest BCUT2D eigenvalue weighted by atomic mass is 79.9. The molecule has 1 aromatic carbocycles. The summed E-state index contributed by atoms with van der Waals surface area (Å²) in [5, 5.41) is 3.58. The molecule has 0 heterocycles. The van der Waals surface area contributed by atoms with E-state index in [9.17, 15) is 0 Å². The zero-order chi connectivity index (χ0) is 14.5. The molecule has 0 aliphatic carbocycles. The fourth-order valence-corrected chi connectivity index (χ4v) is 2.43. The van der Waals surface area contributed by atoms with Crippen LogP contribution in [0.1, 0.15) is 33.3 Å². The van der Waals surface area contributed by atoms with Crippen LogP contribution in [0.15, 0.2) is 28.7 Å². The number of hydrogen-bond acceptors (Lipinski definition) is 2. The summed E-state index contributed by atoms with van der Waals surface area (Å²) >= 11 is 3.48. The molecule has 1 rings (SSSR count). The van der Waals surface area contributed by atoms with Gasteiger partial charge in [-0.15, -0.1) is 0 Å². The molecule has 0 aromatic heterocycles. The molecule has 3 heteroatoms. The molecule has 1 atom stereocenters. The second kappa shape index (κ2) is 7.41. The first-order valence-electron chi connectivity index (χ1n) is 7.03. The van der Waals surface area contributed by atoms with Gasteiger partial charge in [-0.3, -0.25) is 0 Å². The van der Waals surface area contributed by atoms with Crippen LogP contribution in [0.3, 0.4) is 0 Å². The summed E-state index contributed by atoms with van der Waals surface area (Å²) in [6.45, 7) is 11.7. The fraction of sp³-hybridized carbons (Fsp3) is 0.625. The average molecular weight is 327 g/mol. The van der Waals surface area contributed by atoms with E-state index in [4.69, 9.17) is 5.73 Å². The number of rotatable bonds is 7. The van der Waals surface area contributed by atoms with Crippen molar-refractivity contribution in [2.24, 2.45) is 17.6 Å². The number of benzene rings is 1. The molecule has 19 heavy (non-hydrogen) atoms. The highest BCUT2D eigenvalue weighted by Crippen LogP contribution is 2.24. The quantitative estimate of drug-likeness (QED) is 0.804. The molecule has 0 radical (unpaired) electrons. The van der Waals surface area contributed by atoms with Crippen LogP contribution in [0.25, 0.3) is 0 Å². The Morgan fingerprint density at radius 2 is 1.79 bits per heavy atom. The van der Waals surface area contributed by atoms with Crippen LogP contribution in [0, 0.1) is 11.8 Å². The fourth-order valence-electron chi connectivity index (χ4n) is 2.16. The van der Waals surface area contributed by atoms with Gasteiger partial charge in [0.25, 0.3) is 0 Å². The van der Waals surface area contributed by atoms with Crippen molar-refractivity contribution in [2.75, 3.05) is 19.6 Å². The Bertz CT molecular complexity index is 371. The Kier molecular flexibility index (Phi) is 6.51. The third kappa shape index (κ3) is 5.25. The molecule has 0 fully saturated rings. The van der Waals surface area contributed by atoms with Crippen molar-refractivity contribution in [1.29, 1.82) is 0 Å². The van der Waals surface area contributed by atoms with Crippen LogP contribution >= 0.6 is 15.9 Å². The Labute approximate surface area is 126 Å². The molecular weight excluding hydrogens is 300 g/mol. The highest BCUT2D eigenvalue weighted by Gasteiger charge is 2.21. The predicted molar refractivity (Wildman–Crippen MR) is 87.4 cm³/mol. The van der Waals surface area contributed by atoms with Crippen molar-refractivity contribution < 1.29 is 0 Å². The van der Waals surface area contributed by atoms with Crippen LogP contribution in [0.4, 0.5) is 0 Å². The summed E-state index contributed by atoms with van der Waals surface area (Å²) in [7, 11) is 0. The lowest BCUT2D eigenvalue weighted by atomic mass is 9.84. The summed E-state index contributed by atoms with van der Waals surface area (Å²) in [6, 6.07) is 8.59. The van der Waals surface area contributed by atoms with Gasteiger partial charge in [0, 0.05) is 16.4 Å². The molecule has 0 spiro atoms. The van der Waals surface area contributed by atoms with Gasteiger partial charge in [-0.25, -0.2) is 0 Å². The van der Waals surface area contributed by atoms with E-state index in [-0.39, 0.29) is 5.41 Å². The normalized spacial score (nSPS) is 13.8. The molecule has 0 aliphatic rings. The lowest BCUT2D eigenvalue weighted by Crippen LogP contribution is -2.38. The number of hydrogen-bond donors (Lipinski definition) is 2. The zero-order valence-corrected chi connectivity index (χ0v) is 14.1. The average Bonchev–Trinajstić information content (AvgIpc) is 2.34. The molecule has 0 saturated heterocycles. The number of nitrogens with two attached hydrogens (primary N) is 1. The first-order valence-corrected chi connectivity index (χ1v) is 7.83.